The molecule has 2 rings (SSSR count). The van der Waals surface area contributed by atoms with Gasteiger partial charge < -0.3 is 5.32 Å². The monoisotopic (exact) mass is 308 g/mol. The van der Waals surface area contributed by atoms with Gasteiger partial charge in [-0.05, 0) is 37.9 Å². The van der Waals surface area contributed by atoms with E-state index in [-0.39, 0.29) is 5.25 Å². The number of thiophene rings is 1. The summed E-state index contributed by atoms with van der Waals surface area (Å²) in [5.74, 6) is 0. The van der Waals surface area contributed by atoms with E-state index in [0.717, 1.165) is 28.6 Å². The largest absolute Gasteiger partial charge is 0.315 e. The van der Waals surface area contributed by atoms with E-state index in [0.29, 0.717) is 19.5 Å². The van der Waals surface area contributed by atoms with E-state index in [9.17, 15) is 8.42 Å². The minimum Gasteiger partial charge on any atom is -0.315 e. The van der Waals surface area contributed by atoms with Crippen molar-refractivity contribution >= 4 is 33.0 Å². The molecule has 1 atom stereocenters. The molecule has 0 radical (unpaired) electrons. The summed E-state index contributed by atoms with van der Waals surface area (Å²) in [6.07, 6.45) is 2.36. The van der Waals surface area contributed by atoms with Crippen molar-refractivity contribution in [2.75, 3.05) is 19.6 Å². The summed E-state index contributed by atoms with van der Waals surface area (Å²) in [7, 11) is -3.19. The third-order valence-corrected chi connectivity index (χ3v) is 6.17. The van der Waals surface area contributed by atoms with Crippen molar-refractivity contribution < 1.29 is 8.42 Å². The lowest BCUT2D eigenvalue weighted by atomic mass is 10.2. The van der Waals surface area contributed by atoms with Crippen LogP contribution < -0.4 is 10.0 Å². The minimum absolute atomic E-state index is 0.293. The van der Waals surface area contributed by atoms with Gasteiger partial charge in [-0.2, -0.15) is 0 Å². The molecule has 2 N–H and O–H groups in total. The van der Waals surface area contributed by atoms with E-state index in [1.165, 1.54) is 11.3 Å². The maximum atomic E-state index is 12.0. The Labute approximate surface area is 117 Å². The van der Waals surface area contributed by atoms with Gasteiger partial charge in [0.1, 0.15) is 0 Å². The second-order valence-electron chi connectivity index (χ2n) is 4.36. The van der Waals surface area contributed by atoms with Crippen LogP contribution in [0.5, 0.6) is 0 Å². The Bertz CT molecular complexity index is 481. The van der Waals surface area contributed by atoms with Gasteiger partial charge in [-0.3, -0.25) is 0 Å². The third-order valence-electron chi connectivity index (χ3n) is 2.99. The molecule has 1 aromatic heterocycles. The maximum absolute atomic E-state index is 12.0. The number of sulfonamides is 1. The van der Waals surface area contributed by atoms with E-state index in [4.69, 9.17) is 11.6 Å². The Kier molecular flexibility index (Phi) is 5.03. The first-order chi connectivity index (χ1) is 8.58. The smallest absolute Gasteiger partial charge is 0.215 e. The highest BCUT2D eigenvalue weighted by atomic mass is 35.5. The zero-order valence-corrected chi connectivity index (χ0v) is 12.4. The maximum Gasteiger partial charge on any atom is 0.215 e. The highest BCUT2D eigenvalue weighted by molar-refractivity contribution is 7.90. The third kappa shape index (κ3) is 3.93. The standard InChI is InChI=1S/C11H17ClN2O2S2/c12-11-4-3-9(17-11)5-7-14-18(15,16)10-2-1-6-13-8-10/h3-4,10,13-14H,1-2,5-8H2. The molecule has 1 saturated heterocycles. The Morgan fingerprint density at radius 2 is 2.33 bits per heavy atom. The van der Waals surface area contributed by atoms with Crippen LogP contribution in [0.1, 0.15) is 17.7 Å². The number of hydrogen-bond donors (Lipinski definition) is 2. The van der Waals surface area contributed by atoms with E-state index < -0.39 is 10.0 Å². The average molecular weight is 309 g/mol. The van der Waals surface area contributed by atoms with E-state index in [2.05, 4.69) is 10.0 Å². The van der Waals surface area contributed by atoms with E-state index in [1.807, 2.05) is 12.1 Å². The molecule has 0 aliphatic carbocycles. The first-order valence-corrected chi connectivity index (χ1v) is 8.75. The summed E-state index contributed by atoms with van der Waals surface area (Å²) >= 11 is 7.31. The quantitative estimate of drug-likeness (QED) is 0.869. The fraction of sp³-hybridized carbons (Fsp3) is 0.636. The second-order valence-corrected chi connectivity index (χ2v) is 8.21. The number of nitrogens with one attached hydrogen (secondary N) is 2. The molecule has 18 heavy (non-hydrogen) atoms. The van der Waals surface area contributed by atoms with E-state index >= 15 is 0 Å². The Morgan fingerprint density at radius 1 is 1.50 bits per heavy atom. The van der Waals surface area contributed by atoms with E-state index in [1.54, 1.807) is 0 Å². The van der Waals surface area contributed by atoms with Gasteiger partial charge in [0.25, 0.3) is 0 Å². The summed E-state index contributed by atoms with van der Waals surface area (Å²) in [6.45, 7) is 1.91. The summed E-state index contributed by atoms with van der Waals surface area (Å²) in [6, 6.07) is 3.77. The van der Waals surface area contributed by atoms with Gasteiger partial charge in [0, 0.05) is 18.0 Å². The van der Waals surface area contributed by atoms with Crippen LogP contribution in [0.2, 0.25) is 4.34 Å². The molecule has 1 unspecified atom stereocenters. The summed E-state index contributed by atoms with van der Waals surface area (Å²) in [4.78, 5) is 1.10. The van der Waals surface area contributed by atoms with Crippen molar-refractivity contribution in [1.82, 2.24) is 10.0 Å². The van der Waals surface area contributed by atoms with Crippen LogP contribution in [0.25, 0.3) is 0 Å². The number of halogens is 1. The molecule has 2 heterocycles. The molecule has 1 aliphatic rings. The molecule has 1 fully saturated rings. The minimum atomic E-state index is -3.19. The fourth-order valence-corrected chi connectivity index (χ4v) is 4.53. The lowest BCUT2D eigenvalue weighted by molar-refractivity contribution is 0.490. The molecule has 4 nitrogen and oxygen atoms in total. The lowest BCUT2D eigenvalue weighted by Gasteiger charge is -2.22. The number of rotatable bonds is 5. The zero-order chi connectivity index (χ0) is 13.0. The van der Waals surface area contributed by atoms with Crippen molar-refractivity contribution in [1.29, 1.82) is 0 Å². The first-order valence-electron chi connectivity index (χ1n) is 6.01. The summed E-state index contributed by atoms with van der Waals surface area (Å²) in [5.41, 5.74) is 0. The molecule has 1 aromatic rings. The van der Waals surface area contributed by atoms with Crippen molar-refractivity contribution in [3.63, 3.8) is 0 Å². The molecule has 102 valence electrons. The predicted octanol–water partition coefficient (Wildman–Crippen LogP) is 1.62. The average Bonchev–Trinajstić information content (AvgIpc) is 2.76. The van der Waals surface area contributed by atoms with Gasteiger partial charge in [-0.1, -0.05) is 11.6 Å². The van der Waals surface area contributed by atoms with Crippen molar-refractivity contribution in [3.8, 4) is 0 Å². The SMILES string of the molecule is O=S(=O)(NCCc1ccc(Cl)s1)C1CCCNC1. The van der Waals surface area contributed by atoms with Gasteiger partial charge in [-0.25, -0.2) is 13.1 Å². The topological polar surface area (TPSA) is 58.2 Å². The lowest BCUT2D eigenvalue weighted by Crippen LogP contribution is -2.44. The highest BCUT2D eigenvalue weighted by Crippen LogP contribution is 2.21. The van der Waals surface area contributed by atoms with Crippen LogP contribution in [0.3, 0.4) is 0 Å². The normalized spacial score (nSPS) is 21.1. The Hall–Kier alpha value is -0.140. The second kappa shape index (κ2) is 6.34. The molecule has 0 aromatic carbocycles. The Balaban J connectivity index is 1.81. The predicted molar refractivity (Wildman–Crippen MR) is 75.8 cm³/mol. The van der Waals surface area contributed by atoms with Gasteiger partial charge in [0.2, 0.25) is 10.0 Å². The molecule has 7 heteroatoms. The van der Waals surface area contributed by atoms with Crippen molar-refractivity contribution in [2.24, 2.45) is 0 Å². The Morgan fingerprint density at radius 3 is 2.94 bits per heavy atom. The van der Waals surface area contributed by atoms with Crippen LogP contribution >= 0.6 is 22.9 Å². The molecule has 0 saturated carbocycles. The molecule has 0 bridgehead atoms. The van der Waals surface area contributed by atoms with Gasteiger partial charge in [-0.15, -0.1) is 11.3 Å². The zero-order valence-electron chi connectivity index (χ0n) is 9.99. The molecule has 1 aliphatic heterocycles. The van der Waals surface area contributed by atoms with Crippen molar-refractivity contribution in [3.05, 3.63) is 21.3 Å². The van der Waals surface area contributed by atoms with Gasteiger partial charge in [0.15, 0.2) is 0 Å². The van der Waals surface area contributed by atoms with Crippen LogP contribution in [0, 0.1) is 0 Å². The van der Waals surface area contributed by atoms with Crippen LogP contribution in [0.15, 0.2) is 12.1 Å². The highest BCUT2D eigenvalue weighted by Gasteiger charge is 2.26. The van der Waals surface area contributed by atoms with Gasteiger partial charge in [0.05, 0.1) is 9.59 Å². The summed E-state index contributed by atoms with van der Waals surface area (Å²) < 4.78 is 27.4. The molecular formula is C11H17ClN2O2S2. The van der Waals surface area contributed by atoms with Crippen LogP contribution in [0.4, 0.5) is 0 Å². The van der Waals surface area contributed by atoms with Crippen LogP contribution in [-0.2, 0) is 16.4 Å². The molecule has 0 spiro atoms. The fourth-order valence-electron chi connectivity index (χ4n) is 2.01. The van der Waals surface area contributed by atoms with Crippen molar-refractivity contribution in [2.45, 2.75) is 24.5 Å². The summed E-state index contributed by atoms with van der Waals surface area (Å²) in [5, 5.41) is 2.82. The number of hydrogen-bond acceptors (Lipinski definition) is 4. The number of piperidine rings is 1. The first kappa shape index (κ1) is 14.3. The van der Waals surface area contributed by atoms with Gasteiger partial charge >= 0.3 is 0 Å². The molecule has 0 amide bonds. The molecular weight excluding hydrogens is 292 g/mol. The van der Waals surface area contributed by atoms with Crippen LogP contribution in [-0.4, -0.2) is 33.3 Å².